The lowest BCUT2D eigenvalue weighted by molar-refractivity contribution is 0.102. The number of anilines is 2. The zero-order valence-electron chi connectivity index (χ0n) is 14.8. The lowest BCUT2D eigenvalue weighted by Gasteiger charge is -2.10. The van der Waals surface area contributed by atoms with Crippen LogP contribution in [-0.4, -0.2) is 16.8 Å². The summed E-state index contributed by atoms with van der Waals surface area (Å²) in [6, 6.07) is 17.5. The van der Waals surface area contributed by atoms with Crippen molar-refractivity contribution in [1.82, 2.24) is 4.98 Å². The number of pyridine rings is 1. The van der Waals surface area contributed by atoms with E-state index in [-0.39, 0.29) is 11.4 Å². The normalized spacial score (nSPS) is 10.7. The molecule has 0 fully saturated rings. The van der Waals surface area contributed by atoms with E-state index < -0.39 is 11.8 Å². The summed E-state index contributed by atoms with van der Waals surface area (Å²) in [5.41, 5.74) is 0.945. The van der Waals surface area contributed by atoms with Crippen LogP contribution in [0, 0.1) is 0 Å². The molecule has 0 spiro atoms. The molecule has 2 aromatic heterocycles. The van der Waals surface area contributed by atoms with Crippen LogP contribution in [0.5, 0.6) is 0 Å². The van der Waals surface area contributed by atoms with Crippen molar-refractivity contribution in [1.29, 1.82) is 0 Å². The van der Waals surface area contributed by atoms with Gasteiger partial charge in [-0.1, -0.05) is 41.4 Å². The van der Waals surface area contributed by atoms with Crippen LogP contribution >= 0.6 is 34.5 Å². The summed E-state index contributed by atoms with van der Waals surface area (Å²) in [5.74, 6) is -0.851. The van der Waals surface area contributed by atoms with Gasteiger partial charge >= 0.3 is 0 Å². The van der Waals surface area contributed by atoms with Gasteiger partial charge in [0.2, 0.25) is 0 Å². The second-order valence-corrected chi connectivity index (χ2v) is 7.92. The molecule has 5 nitrogen and oxygen atoms in total. The van der Waals surface area contributed by atoms with Crippen molar-refractivity contribution in [2.24, 2.45) is 0 Å². The number of aromatic nitrogens is 1. The molecule has 0 atom stereocenters. The Labute approximate surface area is 180 Å². The minimum atomic E-state index is -0.453. The monoisotopic (exact) mass is 441 g/mol. The molecule has 4 aromatic rings. The van der Waals surface area contributed by atoms with Crippen molar-refractivity contribution in [3.63, 3.8) is 0 Å². The van der Waals surface area contributed by atoms with Crippen LogP contribution < -0.4 is 10.6 Å². The maximum Gasteiger partial charge on any atom is 0.276 e. The predicted octanol–water partition coefficient (Wildman–Crippen LogP) is 6.11. The largest absolute Gasteiger partial charge is 0.321 e. The molecule has 144 valence electrons. The van der Waals surface area contributed by atoms with Crippen LogP contribution in [0.1, 0.15) is 20.2 Å². The first kappa shape index (κ1) is 19.4. The Kier molecular flexibility index (Phi) is 5.49. The molecule has 0 aliphatic heterocycles. The van der Waals surface area contributed by atoms with Crippen molar-refractivity contribution in [2.75, 3.05) is 10.6 Å². The van der Waals surface area contributed by atoms with E-state index in [1.54, 1.807) is 36.4 Å². The molecule has 2 N–H and O–H groups in total. The first-order chi connectivity index (χ1) is 14.0. The van der Waals surface area contributed by atoms with Crippen LogP contribution in [0.4, 0.5) is 11.4 Å². The molecule has 0 saturated heterocycles. The van der Waals surface area contributed by atoms with Crippen molar-refractivity contribution in [3.05, 3.63) is 87.5 Å². The molecule has 4 rings (SSSR count). The van der Waals surface area contributed by atoms with Crippen LogP contribution in [-0.2, 0) is 0 Å². The molecule has 0 aliphatic carbocycles. The lowest BCUT2D eigenvalue weighted by Crippen LogP contribution is -2.19. The topological polar surface area (TPSA) is 71.1 Å². The van der Waals surface area contributed by atoms with Gasteiger partial charge in [-0.15, -0.1) is 11.3 Å². The van der Waals surface area contributed by atoms with Gasteiger partial charge in [-0.2, -0.15) is 0 Å². The maximum absolute atomic E-state index is 12.8. The number of carbonyl (C=O) groups excluding carboxylic acids is 2. The minimum absolute atomic E-state index is 0.0908. The summed E-state index contributed by atoms with van der Waals surface area (Å²) >= 11 is 13.5. The van der Waals surface area contributed by atoms with Gasteiger partial charge in [0.05, 0.1) is 10.7 Å². The number of thiophene rings is 1. The molecule has 8 heteroatoms. The van der Waals surface area contributed by atoms with Gasteiger partial charge in [-0.3, -0.25) is 9.59 Å². The fraction of sp³-hybridized carbons (Fsp3) is 0. The van der Waals surface area contributed by atoms with Crippen molar-refractivity contribution in [3.8, 4) is 0 Å². The van der Waals surface area contributed by atoms with Crippen molar-refractivity contribution >= 4 is 67.8 Å². The molecule has 0 unspecified atom stereocenters. The third kappa shape index (κ3) is 4.10. The van der Waals surface area contributed by atoms with Crippen LogP contribution in [0.3, 0.4) is 0 Å². The third-order valence-electron chi connectivity index (χ3n) is 4.11. The summed E-state index contributed by atoms with van der Waals surface area (Å²) in [6.45, 7) is 0. The van der Waals surface area contributed by atoms with Gasteiger partial charge in [0.15, 0.2) is 5.69 Å². The smallest absolute Gasteiger partial charge is 0.276 e. The van der Waals surface area contributed by atoms with Gasteiger partial charge in [0.1, 0.15) is 4.88 Å². The summed E-state index contributed by atoms with van der Waals surface area (Å²) in [4.78, 5) is 30.0. The van der Waals surface area contributed by atoms with Gasteiger partial charge < -0.3 is 10.6 Å². The first-order valence-electron chi connectivity index (χ1n) is 8.53. The zero-order valence-corrected chi connectivity index (χ0v) is 17.1. The quantitative estimate of drug-likeness (QED) is 0.401. The molecule has 2 amide bonds. The zero-order chi connectivity index (χ0) is 20.4. The first-order valence-corrected chi connectivity index (χ1v) is 10.1. The highest BCUT2D eigenvalue weighted by Gasteiger charge is 2.20. The van der Waals surface area contributed by atoms with Crippen LogP contribution in [0.2, 0.25) is 10.0 Å². The molecular formula is C21H13Cl2N3O2S. The fourth-order valence-electron chi connectivity index (χ4n) is 2.75. The van der Waals surface area contributed by atoms with E-state index in [9.17, 15) is 9.59 Å². The maximum atomic E-state index is 12.8. The number of hydrogen-bond acceptors (Lipinski definition) is 4. The average Bonchev–Trinajstić information content (AvgIpc) is 3.07. The van der Waals surface area contributed by atoms with E-state index in [0.717, 1.165) is 10.1 Å². The Morgan fingerprint density at radius 2 is 1.62 bits per heavy atom. The van der Waals surface area contributed by atoms with E-state index in [4.69, 9.17) is 23.2 Å². The second-order valence-electron chi connectivity index (χ2n) is 6.06. The standard InChI is InChI=1S/C21H13Cl2N3O2S/c22-12-7-9-13(10-8-12)25-20(27)18-15(5-3-11-24-18)26-21(28)19-17(23)14-4-1-2-6-16(14)29-19/h1-11H,(H,25,27)(H,26,28). The van der Waals surface area contributed by atoms with Crippen LogP contribution in [0.25, 0.3) is 10.1 Å². The van der Waals surface area contributed by atoms with Gasteiger partial charge in [-0.25, -0.2) is 4.98 Å². The van der Waals surface area contributed by atoms with Gasteiger partial charge in [0.25, 0.3) is 11.8 Å². The molecule has 0 saturated carbocycles. The average molecular weight is 442 g/mol. The molecule has 2 aromatic carbocycles. The highest BCUT2D eigenvalue weighted by atomic mass is 35.5. The lowest BCUT2D eigenvalue weighted by atomic mass is 10.2. The van der Waals surface area contributed by atoms with Gasteiger partial charge in [-0.05, 0) is 42.5 Å². The summed E-state index contributed by atoms with van der Waals surface area (Å²) in [5, 5.41) is 7.25. The van der Waals surface area contributed by atoms with E-state index in [2.05, 4.69) is 15.6 Å². The number of halogens is 2. The number of nitrogens with zero attached hydrogens (tertiary/aromatic N) is 1. The van der Waals surface area contributed by atoms with E-state index >= 15 is 0 Å². The third-order valence-corrected chi connectivity index (χ3v) is 6.04. The van der Waals surface area contributed by atoms with Crippen molar-refractivity contribution in [2.45, 2.75) is 0 Å². The molecule has 29 heavy (non-hydrogen) atoms. The molecule has 2 heterocycles. The molecule has 0 aliphatic rings. The fourth-order valence-corrected chi connectivity index (χ4v) is 4.29. The predicted molar refractivity (Wildman–Crippen MR) is 118 cm³/mol. The summed E-state index contributed by atoms with van der Waals surface area (Å²) in [7, 11) is 0. The van der Waals surface area contributed by atoms with E-state index in [1.165, 1.54) is 17.5 Å². The SMILES string of the molecule is O=C(Nc1ccc(Cl)cc1)c1ncccc1NC(=O)c1sc2ccccc2c1Cl. The highest BCUT2D eigenvalue weighted by molar-refractivity contribution is 7.21. The summed E-state index contributed by atoms with van der Waals surface area (Å²) in [6.07, 6.45) is 1.48. The number of fused-ring (bicyclic) bond motifs is 1. The van der Waals surface area contributed by atoms with Gasteiger partial charge in [0, 0.05) is 27.0 Å². The minimum Gasteiger partial charge on any atom is -0.321 e. The van der Waals surface area contributed by atoms with Crippen LogP contribution in [0.15, 0.2) is 66.9 Å². The van der Waals surface area contributed by atoms with E-state index in [1.807, 2.05) is 24.3 Å². The Balaban J connectivity index is 1.59. The number of benzene rings is 2. The highest BCUT2D eigenvalue weighted by Crippen LogP contribution is 2.35. The number of hydrogen-bond donors (Lipinski definition) is 2. The summed E-state index contributed by atoms with van der Waals surface area (Å²) < 4.78 is 0.912. The molecule has 0 bridgehead atoms. The molecular weight excluding hydrogens is 429 g/mol. The van der Waals surface area contributed by atoms with E-state index in [0.29, 0.717) is 20.6 Å². The van der Waals surface area contributed by atoms with Crippen molar-refractivity contribution < 1.29 is 9.59 Å². The number of nitrogens with one attached hydrogen (secondary N) is 2. The Bertz CT molecular complexity index is 1220. The second kappa shape index (κ2) is 8.21. The molecule has 0 radical (unpaired) electrons. The number of amides is 2. The Hall–Kier alpha value is -2.93. The number of rotatable bonds is 4. The number of carbonyl (C=O) groups is 2. The Morgan fingerprint density at radius 1 is 0.862 bits per heavy atom. The Morgan fingerprint density at radius 3 is 2.38 bits per heavy atom.